The molecule has 1 aliphatic heterocycles. The van der Waals surface area contributed by atoms with Crippen LogP contribution >= 0.6 is 0 Å². The molecule has 1 aromatic carbocycles. The van der Waals surface area contributed by atoms with E-state index in [9.17, 15) is 13.6 Å². The molecule has 148 valence electrons. The van der Waals surface area contributed by atoms with Gasteiger partial charge in [-0.25, -0.2) is 18.6 Å². The second-order valence-electron chi connectivity index (χ2n) is 6.33. The topological polar surface area (TPSA) is 103 Å². The molecule has 0 saturated heterocycles. The van der Waals surface area contributed by atoms with Gasteiger partial charge in [0.2, 0.25) is 5.88 Å². The van der Waals surface area contributed by atoms with E-state index in [2.05, 4.69) is 15.2 Å². The zero-order chi connectivity index (χ0) is 20.5. The highest BCUT2D eigenvalue weighted by molar-refractivity contribution is 5.75. The van der Waals surface area contributed by atoms with Crippen LogP contribution in [0.25, 0.3) is 0 Å². The van der Waals surface area contributed by atoms with Crippen LogP contribution in [0.2, 0.25) is 0 Å². The van der Waals surface area contributed by atoms with Gasteiger partial charge in [-0.2, -0.15) is 5.10 Å². The van der Waals surface area contributed by atoms with E-state index >= 15 is 0 Å². The summed E-state index contributed by atoms with van der Waals surface area (Å²) in [5.74, 6) is -1.57. The molecule has 10 heteroatoms. The lowest BCUT2D eigenvalue weighted by Gasteiger charge is -2.34. The number of pyridine rings is 1. The number of nitrogen functional groups attached to an aromatic ring is 1. The first-order valence-corrected chi connectivity index (χ1v) is 8.60. The Labute approximate surface area is 163 Å². The monoisotopic (exact) mass is 399 g/mol. The van der Waals surface area contributed by atoms with Crippen LogP contribution in [0.3, 0.4) is 0 Å². The lowest BCUT2D eigenvalue weighted by molar-refractivity contribution is 0.116. The third-order valence-corrected chi connectivity index (χ3v) is 4.51. The van der Waals surface area contributed by atoms with Crippen molar-refractivity contribution in [2.75, 3.05) is 5.73 Å². The Bertz CT molecular complexity index is 1080. The Kier molecular flexibility index (Phi) is 4.67. The van der Waals surface area contributed by atoms with E-state index in [0.29, 0.717) is 5.56 Å². The molecule has 1 aliphatic rings. The maximum atomic E-state index is 14.6. The number of benzene rings is 1. The Morgan fingerprint density at radius 3 is 2.86 bits per heavy atom. The Morgan fingerprint density at radius 1 is 1.28 bits per heavy atom. The highest BCUT2D eigenvalue weighted by Gasteiger charge is 2.33. The van der Waals surface area contributed by atoms with E-state index in [1.54, 1.807) is 13.0 Å². The molecule has 3 aromatic rings. The largest absolute Gasteiger partial charge is 0.434 e. The van der Waals surface area contributed by atoms with Gasteiger partial charge in [0.1, 0.15) is 5.75 Å². The Morgan fingerprint density at radius 2 is 2.10 bits per heavy atom. The SMILES string of the molecule is C[C@@H]1c2cc(F)c(Oc3cccnn3)cc2OC(=O)N1Cc1ccnc(N)c1F. The van der Waals surface area contributed by atoms with Crippen molar-refractivity contribution in [2.24, 2.45) is 0 Å². The number of hydrogen-bond donors (Lipinski definition) is 1. The van der Waals surface area contributed by atoms with Gasteiger partial charge >= 0.3 is 6.09 Å². The number of carbonyl (C=O) groups excluding carboxylic acids is 1. The van der Waals surface area contributed by atoms with Crippen molar-refractivity contribution >= 4 is 11.9 Å². The van der Waals surface area contributed by atoms with Gasteiger partial charge in [0.25, 0.3) is 0 Å². The second kappa shape index (κ2) is 7.30. The van der Waals surface area contributed by atoms with Crippen LogP contribution in [0, 0.1) is 11.6 Å². The summed E-state index contributed by atoms with van der Waals surface area (Å²) in [5, 5.41) is 7.38. The number of rotatable bonds is 4. The minimum atomic E-state index is -0.711. The van der Waals surface area contributed by atoms with Crippen molar-refractivity contribution in [1.29, 1.82) is 0 Å². The minimum absolute atomic E-state index is 0.0916. The van der Waals surface area contributed by atoms with Crippen LogP contribution < -0.4 is 15.2 Å². The molecule has 2 aromatic heterocycles. The predicted octanol–water partition coefficient (Wildman–Crippen LogP) is 3.60. The van der Waals surface area contributed by atoms with E-state index < -0.39 is 23.8 Å². The van der Waals surface area contributed by atoms with Crippen molar-refractivity contribution in [3.63, 3.8) is 0 Å². The smallest absolute Gasteiger partial charge is 0.416 e. The number of nitrogens with zero attached hydrogens (tertiary/aromatic N) is 4. The van der Waals surface area contributed by atoms with E-state index in [1.807, 2.05) is 0 Å². The van der Waals surface area contributed by atoms with Crippen molar-refractivity contribution in [3.8, 4) is 17.4 Å². The zero-order valence-electron chi connectivity index (χ0n) is 15.2. The molecular weight excluding hydrogens is 384 g/mol. The lowest BCUT2D eigenvalue weighted by Crippen LogP contribution is -2.39. The quantitative estimate of drug-likeness (QED) is 0.715. The van der Waals surface area contributed by atoms with Crippen molar-refractivity contribution in [3.05, 3.63) is 65.5 Å². The molecule has 29 heavy (non-hydrogen) atoms. The van der Waals surface area contributed by atoms with Crippen LogP contribution in [0.4, 0.5) is 19.4 Å². The molecule has 0 aliphatic carbocycles. The molecule has 0 fully saturated rings. The average molecular weight is 399 g/mol. The molecule has 2 N–H and O–H groups in total. The van der Waals surface area contributed by atoms with Gasteiger partial charge < -0.3 is 15.2 Å². The van der Waals surface area contributed by atoms with E-state index in [-0.39, 0.29) is 35.3 Å². The number of ether oxygens (including phenoxy) is 2. The van der Waals surface area contributed by atoms with Gasteiger partial charge in [-0.1, -0.05) is 0 Å². The number of fused-ring (bicyclic) bond motifs is 1. The summed E-state index contributed by atoms with van der Waals surface area (Å²) < 4.78 is 39.5. The fourth-order valence-electron chi connectivity index (χ4n) is 2.99. The fourth-order valence-corrected chi connectivity index (χ4v) is 2.99. The molecule has 0 spiro atoms. The molecule has 0 unspecified atom stereocenters. The van der Waals surface area contributed by atoms with E-state index in [4.69, 9.17) is 15.2 Å². The van der Waals surface area contributed by atoms with Gasteiger partial charge in [0.05, 0.1) is 12.6 Å². The van der Waals surface area contributed by atoms with Crippen LogP contribution in [0.15, 0.2) is 42.7 Å². The van der Waals surface area contributed by atoms with Gasteiger partial charge in [-0.3, -0.25) is 4.90 Å². The number of amides is 1. The number of carbonyl (C=O) groups is 1. The van der Waals surface area contributed by atoms with Crippen molar-refractivity contribution in [1.82, 2.24) is 20.1 Å². The van der Waals surface area contributed by atoms with Crippen LogP contribution in [0.5, 0.6) is 17.4 Å². The molecule has 8 nitrogen and oxygen atoms in total. The second-order valence-corrected chi connectivity index (χ2v) is 6.33. The van der Waals surface area contributed by atoms with Crippen LogP contribution in [-0.4, -0.2) is 26.2 Å². The van der Waals surface area contributed by atoms with Crippen molar-refractivity contribution in [2.45, 2.75) is 19.5 Å². The average Bonchev–Trinajstić information content (AvgIpc) is 2.70. The van der Waals surface area contributed by atoms with Gasteiger partial charge in [0.15, 0.2) is 23.2 Å². The molecule has 1 amide bonds. The standard InChI is InChI=1S/C19H15F2N5O3/c1-10-12-7-13(20)15(28-16-3-2-5-24-25-16)8-14(12)29-19(27)26(10)9-11-4-6-23-18(22)17(11)21/h2-8,10H,9H2,1H3,(H2,22,23)/t10-/m1/s1. The molecule has 0 saturated carbocycles. The maximum absolute atomic E-state index is 14.6. The Hall–Kier alpha value is -3.82. The summed E-state index contributed by atoms with van der Waals surface area (Å²) >= 11 is 0. The van der Waals surface area contributed by atoms with Crippen LogP contribution in [0.1, 0.15) is 24.1 Å². The first kappa shape index (κ1) is 18.5. The highest BCUT2D eigenvalue weighted by atomic mass is 19.1. The van der Waals surface area contributed by atoms with Crippen LogP contribution in [-0.2, 0) is 6.54 Å². The first-order valence-electron chi connectivity index (χ1n) is 8.60. The maximum Gasteiger partial charge on any atom is 0.416 e. The Balaban J connectivity index is 1.63. The normalized spacial score (nSPS) is 15.6. The minimum Gasteiger partial charge on any atom is -0.434 e. The van der Waals surface area contributed by atoms with Gasteiger partial charge in [-0.15, -0.1) is 5.10 Å². The predicted molar refractivity (Wildman–Crippen MR) is 97.1 cm³/mol. The molecule has 3 heterocycles. The number of halogens is 2. The summed E-state index contributed by atoms with van der Waals surface area (Å²) in [4.78, 5) is 17.4. The summed E-state index contributed by atoms with van der Waals surface area (Å²) in [6, 6.07) is 6.42. The zero-order valence-corrected chi connectivity index (χ0v) is 15.2. The third-order valence-electron chi connectivity index (χ3n) is 4.51. The third kappa shape index (κ3) is 3.51. The molecule has 0 bridgehead atoms. The number of aromatic nitrogens is 3. The summed E-state index contributed by atoms with van der Waals surface area (Å²) in [5.41, 5.74) is 6.06. The fraction of sp³-hybridized carbons (Fsp3) is 0.158. The number of anilines is 1. The van der Waals surface area contributed by atoms with E-state index in [0.717, 1.165) is 0 Å². The van der Waals surface area contributed by atoms with Crippen molar-refractivity contribution < 1.29 is 23.0 Å². The van der Waals surface area contributed by atoms with Gasteiger partial charge in [0, 0.05) is 35.7 Å². The molecule has 4 rings (SSSR count). The molecule has 1 atom stereocenters. The summed E-state index contributed by atoms with van der Waals surface area (Å²) in [6.07, 6.45) is 2.09. The molecule has 0 radical (unpaired) electrons. The highest BCUT2D eigenvalue weighted by Crippen LogP contribution is 2.40. The van der Waals surface area contributed by atoms with E-state index in [1.165, 1.54) is 41.6 Å². The first-order chi connectivity index (χ1) is 13.9. The summed E-state index contributed by atoms with van der Waals surface area (Å²) in [6.45, 7) is 1.57. The number of nitrogens with two attached hydrogens (primary N) is 1. The van der Waals surface area contributed by atoms with Gasteiger partial charge in [-0.05, 0) is 25.1 Å². The lowest BCUT2D eigenvalue weighted by atomic mass is 10.0. The molecular formula is C19H15F2N5O3. The summed E-state index contributed by atoms with van der Waals surface area (Å²) in [7, 11) is 0. The number of hydrogen-bond acceptors (Lipinski definition) is 7.